The van der Waals surface area contributed by atoms with E-state index in [1.165, 1.54) is 11.1 Å². The maximum Gasteiger partial charge on any atom is 0.226 e. The minimum absolute atomic E-state index is 0. The number of methoxy groups -OCH3 is 2. The lowest BCUT2D eigenvalue weighted by molar-refractivity contribution is -0.137. The number of halogens is 1. The number of rotatable bonds is 3. The lowest BCUT2D eigenvalue weighted by Gasteiger charge is -2.35. The summed E-state index contributed by atoms with van der Waals surface area (Å²) in [7, 11) is 3.30. The third kappa shape index (κ3) is 3.78. The highest BCUT2D eigenvalue weighted by atomic mass is 35.5. The van der Waals surface area contributed by atoms with Crippen LogP contribution in [0.15, 0.2) is 12.1 Å². The van der Waals surface area contributed by atoms with Crippen molar-refractivity contribution in [3.05, 3.63) is 23.3 Å². The number of hydrogen-bond acceptors (Lipinski definition) is 4. The van der Waals surface area contributed by atoms with Crippen LogP contribution in [-0.2, 0) is 17.8 Å². The number of hydrogen-bond donors (Lipinski definition) is 1. The zero-order chi connectivity index (χ0) is 16.4. The summed E-state index contributed by atoms with van der Waals surface area (Å²) in [6, 6.07) is 4.49. The fourth-order valence-corrected chi connectivity index (χ4v) is 3.69. The second-order valence-electron chi connectivity index (χ2n) is 6.56. The number of nitrogens with zero attached hydrogens (tertiary/aromatic N) is 1. The van der Waals surface area contributed by atoms with Gasteiger partial charge in [0.1, 0.15) is 0 Å². The van der Waals surface area contributed by atoms with E-state index in [0.717, 1.165) is 43.9 Å². The minimum atomic E-state index is 0. The molecule has 1 fully saturated rings. The Bertz CT molecular complexity index is 594. The topological polar surface area (TPSA) is 50.8 Å². The van der Waals surface area contributed by atoms with Gasteiger partial charge in [-0.2, -0.15) is 0 Å². The molecule has 0 spiro atoms. The van der Waals surface area contributed by atoms with E-state index in [4.69, 9.17) is 9.47 Å². The van der Waals surface area contributed by atoms with Crippen LogP contribution < -0.4 is 14.8 Å². The molecule has 0 aromatic heterocycles. The molecule has 1 aromatic rings. The first-order valence-corrected chi connectivity index (χ1v) is 8.38. The van der Waals surface area contributed by atoms with E-state index in [1.54, 1.807) is 14.2 Å². The van der Waals surface area contributed by atoms with E-state index >= 15 is 0 Å². The summed E-state index contributed by atoms with van der Waals surface area (Å²) in [4.78, 5) is 14.8. The number of fused-ring (bicyclic) bond motifs is 1. The van der Waals surface area contributed by atoms with Crippen molar-refractivity contribution in [2.45, 2.75) is 38.8 Å². The van der Waals surface area contributed by atoms with Gasteiger partial charge in [-0.3, -0.25) is 4.79 Å². The van der Waals surface area contributed by atoms with Gasteiger partial charge in [0.05, 0.1) is 14.2 Å². The van der Waals surface area contributed by atoms with Crippen molar-refractivity contribution in [1.82, 2.24) is 10.2 Å². The summed E-state index contributed by atoms with van der Waals surface area (Å²) < 4.78 is 10.8. The molecule has 0 aliphatic carbocycles. The van der Waals surface area contributed by atoms with Crippen molar-refractivity contribution in [2.24, 2.45) is 5.92 Å². The number of nitrogens with one attached hydrogen (secondary N) is 1. The molecule has 6 heteroatoms. The Labute approximate surface area is 150 Å². The average molecular weight is 355 g/mol. The van der Waals surface area contributed by atoms with Gasteiger partial charge in [0.15, 0.2) is 11.5 Å². The van der Waals surface area contributed by atoms with Crippen LogP contribution in [0.5, 0.6) is 11.5 Å². The fourth-order valence-electron chi connectivity index (χ4n) is 3.69. The molecule has 0 bridgehead atoms. The van der Waals surface area contributed by atoms with Crippen LogP contribution in [-0.4, -0.2) is 44.2 Å². The van der Waals surface area contributed by atoms with Gasteiger partial charge in [0.25, 0.3) is 0 Å². The molecule has 1 aromatic carbocycles. The average Bonchev–Trinajstić information content (AvgIpc) is 2.59. The summed E-state index contributed by atoms with van der Waals surface area (Å²) in [6.07, 6.45) is 2.76. The molecular formula is C18H27ClN2O3. The van der Waals surface area contributed by atoms with Gasteiger partial charge in [0, 0.05) is 25.0 Å². The van der Waals surface area contributed by atoms with Crippen LogP contribution in [0.4, 0.5) is 0 Å². The maximum absolute atomic E-state index is 12.8. The predicted octanol–water partition coefficient (Wildman–Crippen LogP) is 2.40. The zero-order valence-corrected chi connectivity index (χ0v) is 15.4. The Kier molecular flexibility index (Phi) is 6.35. The Balaban J connectivity index is 0.00000208. The molecule has 2 aliphatic heterocycles. The van der Waals surface area contributed by atoms with E-state index in [1.807, 2.05) is 17.0 Å². The highest BCUT2D eigenvalue weighted by Gasteiger charge is 2.30. The first-order chi connectivity index (χ1) is 11.1. The van der Waals surface area contributed by atoms with E-state index in [-0.39, 0.29) is 18.3 Å². The van der Waals surface area contributed by atoms with Gasteiger partial charge in [-0.05, 0) is 56.0 Å². The molecule has 24 heavy (non-hydrogen) atoms. The third-order valence-corrected chi connectivity index (χ3v) is 5.00. The van der Waals surface area contributed by atoms with Crippen LogP contribution in [0.2, 0.25) is 0 Å². The lowest BCUT2D eigenvalue weighted by atomic mass is 9.90. The second kappa shape index (κ2) is 8.08. The zero-order valence-electron chi connectivity index (χ0n) is 14.6. The number of piperidine rings is 1. The molecule has 0 saturated carbocycles. The lowest BCUT2D eigenvalue weighted by Crippen LogP contribution is -2.45. The molecule has 134 valence electrons. The van der Waals surface area contributed by atoms with Gasteiger partial charge in [-0.15, -0.1) is 12.4 Å². The molecule has 1 saturated heterocycles. The SMILES string of the molecule is COc1cc2c(cc1OC)CN(C(=O)[C@H]1CCN[C@@H](C)C1)CC2.Cl. The molecular weight excluding hydrogens is 328 g/mol. The van der Waals surface area contributed by atoms with E-state index in [0.29, 0.717) is 18.5 Å². The van der Waals surface area contributed by atoms with Crippen molar-refractivity contribution in [3.63, 3.8) is 0 Å². The highest BCUT2D eigenvalue weighted by Crippen LogP contribution is 2.34. The number of carbonyl (C=O) groups excluding carboxylic acids is 1. The summed E-state index contributed by atoms with van der Waals surface area (Å²) in [6.45, 7) is 4.56. The summed E-state index contributed by atoms with van der Waals surface area (Å²) in [5, 5.41) is 3.41. The molecule has 2 aliphatic rings. The largest absolute Gasteiger partial charge is 0.493 e. The number of carbonyl (C=O) groups is 1. The van der Waals surface area contributed by atoms with Crippen molar-refractivity contribution in [1.29, 1.82) is 0 Å². The molecule has 1 N–H and O–H groups in total. The fraction of sp³-hybridized carbons (Fsp3) is 0.611. The minimum Gasteiger partial charge on any atom is -0.493 e. The van der Waals surface area contributed by atoms with E-state index in [9.17, 15) is 4.79 Å². The number of amides is 1. The maximum atomic E-state index is 12.8. The Morgan fingerprint density at radius 1 is 1.21 bits per heavy atom. The van der Waals surface area contributed by atoms with Gasteiger partial charge in [0.2, 0.25) is 5.91 Å². The summed E-state index contributed by atoms with van der Waals surface area (Å²) in [5.74, 6) is 1.96. The Hall–Kier alpha value is -1.46. The standard InChI is InChI=1S/C18H26N2O3.ClH/c1-12-8-14(4-6-19-12)18(21)20-7-5-13-9-16(22-2)17(23-3)10-15(13)11-20;/h9-10,12,14,19H,4-8,11H2,1-3H3;1H/t12-,14-;/m0./s1. The van der Waals surface area contributed by atoms with Crippen LogP contribution in [0.25, 0.3) is 0 Å². The Morgan fingerprint density at radius 3 is 2.50 bits per heavy atom. The second-order valence-corrected chi connectivity index (χ2v) is 6.56. The predicted molar refractivity (Wildman–Crippen MR) is 96.1 cm³/mol. The Morgan fingerprint density at radius 2 is 1.88 bits per heavy atom. The quantitative estimate of drug-likeness (QED) is 0.905. The van der Waals surface area contributed by atoms with Crippen LogP contribution in [0.1, 0.15) is 30.9 Å². The van der Waals surface area contributed by atoms with Gasteiger partial charge in [-0.1, -0.05) is 0 Å². The molecule has 5 nitrogen and oxygen atoms in total. The highest BCUT2D eigenvalue weighted by molar-refractivity contribution is 5.85. The van der Waals surface area contributed by atoms with Crippen LogP contribution in [0.3, 0.4) is 0 Å². The van der Waals surface area contributed by atoms with Crippen molar-refractivity contribution in [3.8, 4) is 11.5 Å². The molecule has 3 rings (SSSR count). The number of benzene rings is 1. The van der Waals surface area contributed by atoms with Gasteiger partial charge < -0.3 is 19.7 Å². The molecule has 1 amide bonds. The van der Waals surface area contributed by atoms with Gasteiger partial charge >= 0.3 is 0 Å². The van der Waals surface area contributed by atoms with Crippen LogP contribution in [0, 0.1) is 5.92 Å². The molecule has 0 unspecified atom stereocenters. The molecule has 2 heterocycles. The summed E-state index contributed by atoms with van der Waals surface area (Å²) >= 11 is 0. The van der Waals surface area contributed by atoms with E-state index < -0.39 is 0 Å². The monoisotopic (exact) mass is 354 g/mol. The normalized spacial score (nSPS) is 23.0. The first kappa shape index (κ1) is 18.9. The van der Waals surface area contributed by atoms with E-state index in [2.05, 4.69) is 12.2 Å². The molecule has 0 radical (unpaired) electrons. The smallest absolute Gasteiger partial charge is 0.226 e. The van der Waals surface area contributed by atoms with Crippen molar-refractivity contribution >= 4 is 18.3 Å². The van der Waals surface area contributed by atoms with Crippen molar-refractivity contribution in [2.75, 3.05) is 27.3 Å². The van der Waals surface area contributed by atoms with Crippen molar-refractivity contribution < 1.29 is 14.3 Å². The molecule has 2 atom stereocenters. The number of ether oxygens (including phenoxy) is 2. The van der Waals surface area contributed by atoms with Crippen LogP contribution >= 0.6 is 12.4 Å². The first-order valence-electron chi connectivity index (χ1n) is 8.38. The third-order valence-electron chi connectivity index (χ3n) is 5.00. The summed E-state index contributed by atoms with van der Waals surface area (Å²) in [5.41, 5.74) is 2.43. The van der Waals surface area contributed by atoms with Gasteiger partial charge in [-0.25, -0.2) is 0 Å².